The summed E-state index contributed by atoms with van der Waals surface area (Å²) in [6.45, 7) is 2.22. The van der Waals surface area contributed by atoms with Gasteiger partial charge in [0.25, 0.3) is 5.91 Å². The van der Waals surface area contributed by atoms with Crippen LogP contribution in [0.1, 0.15) is 28.9 Å². The number of hydrogen-bond acceptors (Lipinski definition) is 4. The molecular weight excluding hydrogens is 310 g/mol. The average molecular weight is 324 g/mol. The van der Waals surface area contributed by atoms with E-state index in [9.17, 15) is 4.79 Å². The Hall–Kier alpha value is -1.82. The normalized spacial score (nSPS) is 10.4. The highest BCUT2D eigenvalue weighted by molar-refractivity contribution is 9.10. The molecule has 1 heterocycles. The number of benzene rings is 1. The first kappa shape index (κ1) is 13.6. The summed E-state index contributed by atoms with van der Waals surface area (Å²) in [7, 11) is 0. The fourth-order valence-electron chi connectivity index (χ4n) is 1.58. The zero-order valence-corrected chi connectivity index (χ0v) is 12.0. The topological polar surface area (TPSA) is 81.2 Å². The molecule has 0 radical (unpaired) electrons. The molecule has 2 aromatic rings. The Bertz CT molecular complexity index is 595. The van der Waals surface area contributed by atoms with Crippen LogP contribution in [0, 0.1) is 0 Å². The number of nitrogen functional groups attached to an aromatic ring is 1. The number of anilines is 1. The van der Waals surface area contributed by atoms with Crippen LogP contribution < -0.4 is 11.1 Å². The smallest absolute Gasteiger partial charge is 0.253 e. The lowest BCUT2D eigenvalue weighted by Crippen LogP contribution is -2.23. The van der Waals surface area contributed by atoms with Crippen molar-refractivity contribution < 1.29 is 9.21 Å². The Labute approximate surface area is 119 Å². The van der Waals surface area contributed by atoms with Crippen LogP contribution in [0.5, 0.6) is 0 Å². The summed E-state index contributed by atoms with van der Waals surface area (Å²) in [6, 6.07) is 5.13. The molecule has 0 aliphatic carbocycles. The molecule has 1 aromatic heterocycles. The van der Waals surface area contributed by atoms with Crippen molar-refractivity contribution in [2.75, 3.05) is 5.73 Å². The van der Waals surface area contributed by atoms with E-state index < -0.39 is 0 Å². The third kappa shape index (κ3) is 3.35. The van der Waals surface area contributed by atoms with Gasteiger partial charge in [0, 0.05) is 16.6 Å². The van der Waals surface area contributed by atoms with Crippen molar-refractivity contribution in [3.8, 4) is 0 Å². The van der Waals surface area contributed by atoms with E-state index in [2.05, 4.69) is 26.2 Å². The molecule has 100 valence electrons. The van der Waals surface area contributed by atoms with Gasteiger partial charge in [0.2, 0.25) is 5.89 Å². The van der Waals surface area contributed by atoms with Crippen molar-refractivity contribution in [2.24, 2.45) is 0 Å². The van der Waals surface area contributed by atoms with E-state index >= 15 is 0 Å². The molecule has 0 saturated carbocycles. The maximum atomic E-state index is 12.0. The van der Waals surface area contributed by atoms with Crippen LogP contribution in [0.3, 0.4) is 0 Å². The minimum Gasteiger partial charge on any atom is -0.444 e. The molecule has 0 spiro atoms. The lowest BCUT2D eigenvalue weighted by molar-refractivity contribution is 0.0948. The van der Waals surface area contributed by atoms with E-state index in [0.29, 0.717) is 17.1 Å². The molecule has 2 rings (SSSR count). The molecule has 0 aliphatic rings. The zero-order chi connectivity index (χ0) is 13.8. The first-order valence-corrected chi connectivity index (χ1v) is 6.66. The van der Waals surface area contributed by atoms with Crippen molar-refractivity contribution in [1.82, 2.24) is 10.3 Å². The van der Waals surface area contributed by atoms with Crippen molar-refractivity contribution in [1.29, 1.82) is 0 Å². The number of nitrogens with one attached hydrogen (secondary N) is 1. The van der Waals surface area contributed by atoms with E-state index in [0.717, 1.165) is 16.7 Å². The van der Waals surface area contributed by atoms with Gasteiger partial charge in [-0.15, -0.1) is 0 Å². The second kappa shape index (κ2) is 5.88. The molecule has 0 aliphatic heterocycles. The number of nitrogens with zero attached hydrogens (tertiary/aromatic N) is 1. The summed E-state index contributed by atoms with van der Waals surface area (Å²) in [4.78, 5) is 16.0. The summed E-state index contributed by atoms with van der Waals surface area (Å²) in [5.74, 6) is 1.04. The van der Waals surface area contributed by atoms with Gasteiger partial charge in [0.05, 0.1) is 18.3 Å². The van der Waals surface area contributed by atoms with Gasteiger partial charge in [0.1, 0.15) is 5.76 Å². The molecule has 0 atom stereocenters. The van der Waals surface area contributed by atoms with Crippen molar-refractivity contribution >= 4 is 27.5 Å². The Morgan fingerprint density at radius 3 is 2.95 bits per heavy atom. The Morgan fingerprint density at radius 1 is 1.53 bits per heavy atom. The fraction of sp³-hybridized carbons (Fsp3) is 0.231. The van der Waals surface area contributed by atoms with Crippen LogP contribution in [-0.4, -0.2) is 10.9 Å². The number of rotatable bonds is 4. The number of hydrogen-bond donors (Lipinski definition) is 2. The van der Waals surface area contributed by atoms with Crippen LogP contribution in [-0.2, 0) is 13.0 Å². The van der Waals surface area contributed by atoms with E-state index in [1.165, 1.54) is 0 Å². The summed E-state index contributed by atoms with van der Waals surface area (Å²) >= 11 is 3.30. The molecule has 0 unspecified atom stereocenters. The Morgan fingerprint density at radius 2 is 2.32 bits per heavy atom. The summed E-state index contributed by atoms with van der Waals surface area (Å²) in [5.41, 5.74) is 6.65. The minimum atomic E-state index is -0.249. The van der Waals surface area contributed by atoms with Gasteiger partial charge < -0.3 is 15.5 Å². The third-order valence-electron chi connectivity index (χ3n) is 2.61. The van der Waals surface area contributed by atoms with Crippen molar-refractivity contribution in [3.63, 3.8) is 0 Å². The minimum absolute atomic E-state index is 0.244. The Balaban J connectivity index is 2.01. The number of halogens is 1. The number of aromatic nitrogens is 1. The average Bonchev–Trinajstić information content (AvgIpc) is 2.84. The Kier molecular flexibility index (Phi) is 4.21. The van der Waals surface area contributed by atoms with E-state index in [-0.39, 0.29) is 12.5 Å². The number of aryl methyl sites for hydroxylation is 1. The predicted octanol–water partition coefficient (Wildman–Crippen LogP) is 2.51. The molecule has 5 nitrogen and oxygen atoms in total. The lowest BCUT2D eigenvalue weighted by atomic mass is 10.1. The van der Waals surface area contributed by atoms with Gasteiger partial charge in [-0.05, 0) is 18.2 Å². The largest absolute Gasteiger partial charge is 0.444 e. The summed E-state index contributed by atoms with van der Waals surface area (Å²) in [5, 5.41) is 2.72. The second-order valence-electron chi connectivity index (χ2n) is 3.99. The van der Waals surface area contributed by atoms with Gasteiger partial charge in [0.15, 0.2) is 0 Å². The monoisotopic (exact) mass is 323 g/mol. The van der Waals surface area contributed by atoms with Gasteiger partial charge in [-0.3, -0.25) is 4.79 Å². The van der Waals surface area contributed by atoms with E-state index in [1.54, 1.807) is 24.4 Å². The number of amides is 1. The summed E-state index contributed by atoms with van der Waals surface area (Å²) < 4.78 is 6.24. The maximum absolute atomic E-state index is 12.0. The number of carbonyl (C=O) groups excluding carboxylic acids is 1. The molecule has 0 fully saturated rings. The van der Waals surface area contributed by atoms with Gasteiger partial charge >= 0.3 is 0 Å². The molecular formula is C13H14BrN3O2. The van der Waals surface area contributed by atoms with E-state index in [1.807, 2.05) is 6.92 Å². The van der Waals surface area contributed by atoms with Crippen LogP contribution >= 0.6 is 15.9 Å². The molecule has 1 amide bonds. The molecule has 1 aromatic carbocycles. The maximum Gasteiger partial charge on any atom is 0.253 e. The molecule has 6 heteroatoms. The van der Waals surface area contributed by atoms with Gasteiger partial charge in [-0.2, -0.15) is 0 Å². The first-order chi connectivity index (χ1) is 9.10. The van der Waals surface area contributed by atoms with Gasteiger partial charge in [-0.25, -0.2) is 4.98 Å². The van der Waals surface area contributed by atoms with Crippen LogP contribution in [0.15, 0.2) is 33.3 Å². The lowest BCUT2D eigenvalue weighted by Gasteiger charge is -2.06. The fourth-order valence-corrected chi connectivity index (χ4v) is 1.96. The highest BCUT2D eigenvalue weighted by Gasteiger charge is 2.11. The zero-order valence-electron chi connectivity index (χ0n) is 10.4. The SMILES string of the molecule is CCc1cnc(CNC(=O)c2ccc(Br)cc2N)o1. The molecule has 3 N–H and O–H groups in total. The first-order valence-electron chi connectivity index (χ1n) is 5.87. The number of carbonyl (C=O) groups is 1. The second-order valence-corrected chi connectivity index (χ2v) is 4.90. The molecule has 19 heavy (non-hydrogen) atoms. The quantitative estimate of drug-likeness (QED) is 0.847. The molecule has 0 saturated heterocycles. The van der Waals surface area contributed by atoms with Crippen LogP contribution in [0.2, 0.25) is 0 Å². The standard InChI is InChI=1S/C13H14BrN3O2/c1-2-9-6-16-12(19-9)7-17-13(18)10-4-3-8(14)5-11(10)15/h3-6H,2,7,15H2,1H3,(H,17,18). The molecule has 0 bridgehead atoms. The number of nitrogens with two attached hydrogens (primary N) is 1. The van der Waals surface area contributed by atoms with Crippen molar-refractivity contribution in [2.45, 2.75) is 19.9 Å². The van der Waals surface area contributed by atoms with E-state index in [4.69, 9.17) is 10.2 Å². The summed E-state index contributed by atoms with van der Waals surface area (Å²) in [6.07, 6.45) is 2.44. The predicted molar refractivity (Wildman–Crippen MR) is 75.6 cm³/mol. The van der Waals surface area contributed by atoms with Gasteiger partial charge in [-0.1, -0.05) is 22.9 Å². The number of oxazole rings is 1. The third-order valence-corrected chi connectivity index (χ3v) is 3.10. The van der Waals surface area contributed by atoms with Crippen LogP contribution in [0.4, 0.5) is 5.69 Å². The van der Waals surface area contributed by atoms with Crippen LogP contribution in [0.25, 0.3) is 0 Å². The highest BCUT2D eigenvalue weighted by Crippen LogP contribution is 2.18. The van der Waals surface area contributed by atoms with Crippen molar-refractivity contribution in [3.05, 3.63) is 46.1 Å². The highest BCUT2D eigenvalue weighted by atomic mass is 79.9.